The van der Waals surface area contributed by atoms with Gasteiger partial charge in [-0.05, 0) is 53.1 Å². The number of anilines is 1. The molecular weight excluding hydrogens is 439 g/mol. The third-order valence-corrected chi connectivity index (χ3v) is 6.38. The molecule has 0 saturated heterocycles. The zero-order valence-corrected chi connectivity index (χ0v) is 18.4. The van der Waals surface area contributed by atoms with E-state index in [0.29, 0.717) is 26.6 Å². The minimum atomic E-state index is -4.35. The molecule has 2 aromatic carbocycles. The van der Waals surface area contributed by atoms with Gasteiger partial charge in [-0.3, -0.25) is 13.9 Å². The summed E-state index contributed by atoms with van der Waals surface area (Å²) >= 11 is 0.409. The van der Waals surface area contributed by atoms with Crippen LogP contribution in [0.25, 0.3) is 0 Å². The highest BCUT2D eigenvalue weighted by Gasteiger charge is 2.34. The summed E-state index contributed by atoms with van der Waals surface area (Å²) in [4.78, 5) is 12.0. The first-order valence-corrected chi connectivity index (χ1v) is 11.8. The number of hydrogen-bond acceptors (Lipinski definition) is 8. The average Bonchev–Trinajstić information content (AvgIpc) is 2.93. The molecule has 0 fully saturated rings. The van der Waals surface area contributed by atoms with Crippen LogP contribution in [0.1, 0.15) is 0 Å². The molecule has 14 heteroatoms. The van der Waals surface area contributed by atoms with Crippen LogP contribution in [0.3, 0.4) is 0 Å². The zero-order valence-electron chi connectivity index (χ0n) is 14.7. The first-order valence-electron chi connectivity index (χ1n) is 7.92. The highest BCUT2D eigenvalue weighted by Crippen LogP contribution is 2.24. The Bertz CT molecular complexity index is 1220. The van der Waals surface area contributed by atoms with Gasteiger partial charge in [0.2, 0.25) is 0 Å². The number of hydrazone groups is 1. The van der Waals surface area contributed by atoms with E-state index in [1.807, 2.05) is 0 Å². The monoisotopic (exact) mass is 452 g/mol. The Morgan fingerprint density at radius 1 is 0.897 bits per heavy atom. The topological polar surface area (TPSA) is 166 Å². The number of carbonyl (C=O) groups is 1. The number of azo groups is 1. The molecule has 1 aliphatic heterocycles. The van der Waals surface area contributed by atoms with Crippen molar-refractivity contribution >= 4 is 58.4 Å². The average molecular weight is 452 g/mol. The van der Waals surface area contributed by atoms with Gasteiger partial charge in [-0.1, -0.05) is 0 Å². The molecule has 0 radical (unpaired) electrons. The molecule has 0 saturated carbocycles. The molecule has 0 bridgehead atoms. The Kier molecular flexibility index (Phi) is 5.68. The van der Waals surface area contributed by atoms with Gasteiger partial charge in [0.25, 0.3) is 42.4 Å². The third kappa shape index (κ3) is 4.75. The fraction of sp³-hybridized carbons (Fsp3) is 0.0667. The molecule has 1 heterocycles. The van der Waals surface area contributed by atoms with E-state index in [0.717, 1.165) is 29.3 Å². The predicted molar refractivity (Wildman–Crippen MR) is 104 cm³/mol. The summed E-state index contributed by atoms with van der Waals surface area (Å²) in [5, 5.41) is 13.1. The van der Waals surface area contributed by atoms with Crippen LogP contribution in [-0.4, -0.2) is 58.8 Å². The van der Waals surface area contributed by atoms with E-state index < -0.39 is 32.2 Å². The Balaban J connectivity index is 1.78. The quantitative estimate of drug-likeness (QED) is 0.381. The number of carbonyl (C=O) groups excluding carboxylic acids is 1. The van der Waals surface area contributed by atoms with Crippen molar-refractivity contribution in [2.75, 3.05) is 5.01 Å². The Hall–Kier alpha value is -2.47. The Morgan fingerprint density at radius 2 is 1.38 bits per heavy atom. The summed E-state index contributed by atoms with van der Waals surface area (Å²) in [5.74, 6) is -0.493. The number of rotatable bonds is 5. The van der Waals surface area contributed by atoms with Crippen LogP contribution in [0.4, 0.5) is 11.4 Å². The Morgan fingerprint density at radius 3 is 1.86 bits per heavy atom. The van der Waals surface area contributed by atoms with Crippen molar-refractivity contribution in [1.82, 2.24) is 0 Å². The molecule has 1 unspecified atom stereocenters. The highest BCUT2D eigenvalue weighted by atomic mass is 32.2. The maximum absolute atomic E-state index is 12.6. The second-order valence-corrected chi connectivity index (χ2v) is 9.82. The summed E-state index contributed by atoms with van der Waals surface area (Å²) in [6.45, 7) is 0. The zero-order chi connectivity index (χ0) is 21.4. The van der Waals surface area contributed by atoms with Gasteiger partial charge in [0.1, 0.15) is 0 Å². The van der Waals surface area contributed by atoms with Crippen molar-refractivity contribution in [2.45, 2.75) is 15.8 Å². The van der Waals surface area contributed by atoms with Crippen LogP contribution in [0.15, 0.2) is 73.7 Å². The summed E-state index contributed by atoms with van der Waals surface area (Å²) in [7, 11) is -8.67. The van der Waals surface area contributed by atoms with Gasteiger partial charge in [-0.15, -0.1) is 0 Å². The molecule has 150 valence electrons. The van der Waals surface area contributed by atoms with E-state index in [-0.39, 0.29) is 15.5 Å². The standard InChI is InChI=1S/C15H11N4O7S2.Al.2H/c20-15-14(18-17-10-1-5-12(6-2-10)27(21,22)23)9-16-19(15)11-3-7-13(8-4-11)28(24,25)26;;;/h1-8,14H,(H,21,22,23)(H,24,25,26);;;. The number of amides is 1. The fourth-order valence-electron chi connectivity index (χ4n) is 2.44. The normalized spacial score (nSPS) is 17.7. The van der Waals surface area contributed by atoms with E-state index in [9.17, 15) is 21.6 Å². The van der Waals surface area contributed by atoms with Gasteiger partial charge >= 0.3 is 0 Å². The van der Waals surface area contributed by atoms with E-state index in [1.165, 1.54) is 24.3 Å². The molecule has 3 rings (SSSR count). The van der Waals surface area contributed by atoms with Gasteiger partial charge in [0.05, 0.1) is 21.2 Å². The van der Waals surface area contributed by atoms with Gasteiger partial charge in [0, 0.05) is 0 Å². The lowest BCUT2D eigenvalue weighted by atomic mass is 10.3. The van der Waals surface area contributed by atoms with E-state index >= 15 is 0 Å². The molecule has 0 aliphatic carbocycles. The minimum Gasteiger partial charge on any atom is -0.282 e. The maximum Gasteiger partial charge on any atom is 0.294 e. The van der Waals surface area contributed by atoms with Crippen molar-refractivity contribution in [1.29, 1.82) is 0 Å². The molecule has 11 nitrogen and oxygen atoms in total. The highest BCUT2D eigenvalue weighted by molar-refractivity contribution is 7.86. The van der Waals surface area contributed by atoms with Crippen molar-refractivity contribution in [3.05, 3.63) is 48.5 Å². The number of benzene rings is 2. The largest absolute Gasteiger partial charge is 0.294 e. The lowest BCUT2D eigenvalue weighted by molar-refractivity contribution is -0.117. The lowest BCUT2D eigenvalue weighted by Gasteiger charge is -2.13. The SMILES string of the molecule is O=C1C(N=Nc2ccc(S(=O)(=O)O)cc2)[C]([AlH2])=NN1c1ccc(S(=O)(=O)O)cc1. The first kappa shape index (κ1) is 21.2. The number of nitrogens with zero attached hydrogens (tertiary/aromatic N) is 4. The fourth-order valence-corrected chi connectivity index (χ4v) is 3.97. The molecule has 0 aromatic heterocycles. The maximum atomic E-state index is 12.6. The molecular formula is C15H13AlN4O7S2. The van der Waals surface area contributed by atoms with E-state index in [1.54, 1.807) is 0 Å². The van der Waals surface area contributed by atoms with Crippen molar-refractivity contribution in [3.63, 3.8) is 0 Å². The van der Waals surface area contributed by atoms with Gasteiger partial charge in [0.15, 0.2) is 6.04 Å². The van der Waals surface area contributed by atoms with Crippen LogP contribution in [0, 0.1) is 0 Å². The van der Waals surface area contributed by atoms with E-state index in [2.05, 4.69) is 15.3 Å². The smallest absolute Gasteiger partial charge is 0.282 e. The van der Waals surface area contributed by atoms with Crippen LogP contribution in [-0.2, 0) is 25.0 Å². The molecule has 29 heavy (non-hydrogen) atoms. The van der Waals surface area contributed by atoms with Crippen molar-refractivity contribution in [3.8, 4) is 0 Å². The van der Waals surface area contributed by atoms with Crippen LogP contribution >= 0.6 is 0 Å². The van der Waals surface area contributed by atoms with E-state index in [4.69, 9.17) is 9.11 Å². The molecule has 1 atom stereocenters. The molecule has 0 spiro atoms. The van der Waals surface area contributed by atoms with Crippen LogP contribution in [0.2, 0.25) is 0 Å². The van der Waals surface area contributed by atoms with Gasteiger partial charge in [-0.25, -0.2) is 5.01 Å². The summed E-state index contributed by atoms with van der Waals surface area (Å²) in [6.07, 6.45) is 0. The van der Waals surface area contributed by atoms with Crippen molar-refractivity contribution < 1.29 is 30.7 Å². The van der Waals surface area contributed by atoms with Crippen LogP contribution in [0.5, 0.6) is 0 Å². The first-order chi connectivity index (χ1) is 13.5. The van der Waals surface area contributed by atoms with Crippen molar-refractivity contribution in [2.24, 2.45) is 15.3 Å². The summed E-state index contributed by atoms with van der Waals surface area (Å²) < 4.78 is 62.7. The lowest BCUT2D eigenvalue weighted by Crippen LogP contribution is -2.30. The minimum absolute atomic E-state index is 0.274. The molecule has 2 aromatic rings. The molecule has 1 amide bonds. The summed E-state index contributed by atoms with van der Waals surface area (Å²) in [5.41, 5.74) is 0.571. The molecule has 2 N–H and O–H groups in total. The molecule has 1 aliphatic rings. The third-order valence-electron chi connectivity index (χ3n) is 3.90. The van der Waals surface area contributed by atoms with Gasteiger partial charge < -0.3 is 0 Å². The second-order valence-electron chi connectivity index (χ2n) is 5.95. The van der Waals surface area contributed by atoms with Crippen LogP contribution < -0.4 is 5.01 Å². The number of hydrogen-bond donors (Lipinski definition) is 2. The van der Waals surface area contributed by atoms with Gasteiger partial charge in [-0.2, -0.15) is 32.2 Å². The summed E-state index contributed by atoms with van der Waals surface area (Å²) in [6, 6.07) is 8.93. The predicted octanol–water partition coefficient (Wildman–Crippen LogP) is 0.626. The Labute approximate surface area is 173 Å². The second kappa shape index (κ2) is 7.75.